The van der Waals surface area contributed by atoms with Gasteiger partial charge in [-0.2, -0.15) is 5.21 Å². The molecule has 2 rings (SSSR count). The zero-order valence-electron chi connectivity index (χ0n) is 9.31. The number of carbonyl (C=O) groups is 1. The first-order valence-electron chi connectivity index (χ1n) is 5.49. The van der Waals surface area contributed by atoms with Gasteiger partial charge in [-0.25, -0.2) is 0 Å². The predicted molar refractivity (Wildman–Crippen MR) is 56.8 cm³/mol. The van der Waals surface area contributed by atoms with Crippen molar-refractivity contribution in [3.05, 3.63) is 5.82 Å². The molecule has 1 atom stereocenters. The number of nitrogens with zero attached hydrogens (tertiary/aromatic N) is 4. The lowest BCUT2D eigenvalue weighted by Gasteiger charge is -2.32. The molecule has 1 aromatic heterocycles. The van der Waals surface area contributed by atoms with Crippen LogP contribution in [0.4, 0.5) is 0 Å². The topological polar surface area (TPSA) is 86.8 Å². The van der Waals surface area contributed by atoms with Gasteiger partial charge < -0.3 is 10.2 Å². The molecule has 2 heterocycles. The van der Waals surface area contributed by atoms with E-state index in [1.165, 1.54) is 12.8 Å². The van der Waals surface area contributed by atoms with Crippen LogP contribution in [-0.4, -0.2) is 57.6 Å². The number of likely N-dealkylation sites (tertiary alicyclic amines) is 1. The minimum absolute atomic E-state index is 0.0958. The molecule has 2 N–H and O–H groups in total. The molecule has 1 saturated heterocycles. The third-order valence-electron chi connectivity index (χ3n) is 2.97. The highest BCUT2D eigenvalue weighted by Crippen LogP contribution is 2.13. The lowest BCUT2D eigenvalue weighted by Crippen LogP contribution is -2.44. The number of carbonyl (C=O) groups excluding carboxylic acids is 1. The van der Waals surface area contributed by atoms with E-state index < -0.39 is 0 Å². The number of amides is 1. The third-order valence-corrected chi connectivity index (χ3v) is 2.97. The number of rotatable bonds is 3. The first-order chi connectivity index (χ1) is 7.77. The van der Waals surface area contributed by atoms with Gasteiger partial charge in [-0.15, -0.1) is 10.2 Å². The second-order valence-corrected chi connectivity index (χ2v) is 4.08. The van der Waals surface area contributed by atoms with Crippen molar-refractivity contribution in [2.75, 3.05) is 20.1 Å². The molecule has 0 aromatic carbocycles. The average Bonchev–Trinajstić information content (AvgIpc) is 2.81. The maximum atomic E-state index is 11.5. The van der Waals surface area contributed by atoms with E-state index in [4.69, 9.17) is 0 Å². The maximum absolute atomic E-state index is 11.5. The number of hydrogen-bond donors (Lipinski definition) is 2. The van der Waals surface area contributed by atoms with E-state index in [2.05, 4.69) is 37.9 Å². The van der Waals surface area contributed by atoms with Crippen LogP contribution in [0.2, 0.25) is 0 Å². The SMILES string of the molecule is CN1CCCCC1CNC(=O)c1nn[nH]n1. The fraction of sp³-hybridized carbons (Fsp3) is 0.778. The van der Waals surface area contributed by atoms with Gasteiger partial charge in [0.15, 0.2) is 0 Å². The highest BCUT2D eigenvalue weighted by Gasteiger charge is 2.20. The van der Waals surface area contributed by atoms with Crippen molar-refractivity contribution in [2.24, 2.45) is 0 Å². The van der Waals surface area contributed by atoms with Crippen LogP contribution in [0.15, 0.2) is 0 Å². The van der Waals surface area contributed by atoms with Crippen molar-refractivity contribution in [1.29, 1.82) is 0 Å². The van der Waals surface area contributed by atoms with Crippen molar-refractivity contribution in [3.8, 4) is 0 Å². The molecule has 0 saturated carbocycles. The van der Waals surface area contributed by atoms with Gasteiger partial charge in [0.05, 0.1) is 0 Å². The zero-order chi connectivity index (χ0) is 11.4. The molecule has 16 heavy (non-hydrogen) atoms. The van der Waals surface area contributed by atoms with Crippen LogP contribution in [0.1, 0.15) is 29.9 Å². The van der Waals surface area contributed by atoms with Crippen LogP contribution in [0.3, 0.4) is 0 Å². The van der Waals surface area contributed by atoms with Gasteiger partial charge in [-0.1, -0.05) is 6.42 Å². The summed E-state index contributed by atoms with van der Waals surface area (Å²) in [5, 5.41) is 15.7. The Morgan fingerprint density at radius 1 is 1.62 bits per heavy atom. The van der Waals surface area contributed by atoms with Gasteiger partial charge in [0.2, 0.25) is 0 Å². The average molecular weight is 224 g/mol. The van der Waals surface area contributed by atoms with Gasteiger partial charge >= 0.3 is 0 Å². The number of tetrazole rings is 1. The molecule has 0 radical (unpaired) electrons. The van der Waals surface area contributed by atoms with Crippen molar-refractivity contribution in [1.82, 2.24) is 30.8 Å². The highest BCUT2D eigenvalue weighted by molar-refractivity contribution is 5.90. The molecule has 7 nitrogen and oxygen atoms in total. The summed E-state index contributed by atoms with van der Waals surface area (Å²) in [6.07, 6.45) is 3.60. The van der Waals surface area contributed by atoms with E-state index in [0.29, 0.717) is 12.6 Å². The van der Waals surface area contributed by atoms with Gasteiger partial charge in [-0.3, -0.25) is 4.79 Å². The van der Waals surface area contributed by atoms with Crippen molar-refractivity contribution < 1.29 is 4.79 Å². The molecule has 0 aliphatic carbocycles. The largest absolute Gasteiger partial charge is 0.348 e. The standard InChI is InChI=1S/C9H16N6O/c1-15-5-3-2-4-7(15)6-10-9(16)8-11-13-14-12-8/h7H,2-6H2,1H3,(H,10,16)(H,11,12,13,14). The number of piperidine rings is 1. The highest BCUT2D eigenvalue weighted by atomic mass is 16.2. The Kier molecular flexibility index (Phi) is 3.45. The summed E-state index contributed by atoms with van der Waals surface area (Å²) in [6.45, 7) is 1.74. The number of likely N-dealkylation sites (N-methyl/N-ethyl adjacent to an activating group) is 1. The van der Waals surface area contributed by atoms with Gasteiger partial charge in [0, 0.05) is 12.6 Å². The Morgan fingerprint density at radius 3 is 3.19 bits per heavy atom. The number of aromatic nitrogens is 4. The van der Waals surface area contributed by atoms with E-state index in [1.54, 1.807) is 0 Å². The summed E-state index contributed by atoms with van der Waals surface area (Å²) in [5.74, 6) is -0.175. The number of nitrogens with one attached hydrogen (secondary N) is 2. The molecule has 1 amide bonds. The molecule has 1 aromatic rings. The van der Waals surface area contributed by atoms with E-state index in [9.17, 15) is 4.79 Å². The lowest BCUT2D eigenvalue weighted by molar-refractivity contribution is 0.0918. The number of hydrogen-bond acceptors (Lipinski definition) is 5. The maximum Gasteiger partial charge on any atom is 0.292 e. The molecule has 0 bridgehead atoms. The second kappa shape index (κ2) is 5.02. The summed E-state index contributed by atoms with van der Waals surface area (Å²) in [7, 11) is 2.09. The third kappa shape index (κ3) is 2.54. The van der Waals surface area contributed by atoms with E-state index in [1.807, 2.05) is 0 Å². The molecule has 1 unspecified atom stereocenters. The normalized spacial score (nSPS) is 21.9. The predicted octanol–water partition coefficient (Wildman–Crippen LogP) is -0.586. The summed E-state index contributed by atoms with van der Waals surface area (Å²) in [6, 6.07) is 0.421. The smallest absolute Gasteiger partial charge is 0.292 e. The quantitative estimate of drug-likeness (QED) is 0.717. The second-order valence-electron chi connectivity index (χ2n) is 4.08. The molecule has 0 spiro atoms. The molecule has 1 fully saturated rings. The molecule has 7 heteroatoms. The zero-order valence-corrected chi connectivity index (χ0v) is 9.31. The van der Waals surface area contributed by atoms with Crippen molar-refractivity contribution in [3.63, 3.8) is 0 Å². The first kappa shape index (κ1) is 11.0. The minimum Gasteiger partial charge on any atom is -0.348 e. The van der Waals surface area contributed by atoms with Gasteiger partial charge in [-0.05, 0) is 31.6 Å². The Labute approximate surface area is 93.6 Å². The number of H-pyrrole nitrogens is 1. The monoisotopic (exact) mass is 224 g/mol. The van der Waals surface area contributed by atoms with E-state index in [0.717, 1.165) is 13.0 Å². The van der Waals surface area contributed by atoms with Crippen molar-refractivity contribution in [2.45, 2.75) is 25.3 Å². The molecule has 1 aliphatic heterocycles. The summed E-state index contributed by atoms with van der Waals surface area (Å²) < 4.78 is 0. The molecular formula is C9H16N6O. The fourth-order valence-corrected chi connectivity index (χ4v) is 1.95. The van der Waals surface area contributed by atoms with Crippen LogP contribution < -0.4 is 5.32 Å². The Hall–Kier alpha value is -1.50. The van der Waals surface area contributed by atoms with Crippen LogP contribution in [0.25, 0.3) is 0 Å². The molecular weight excluding hydrogens is 208 g/mol. The van der Waals surface area contributed by atoms with E-state index in [-0.39, 0.29) is 11.7 Å². The van der Waals surface area contributed by atoms with Crippen LogP contribution in [-0.2, 0) is 0 Å². The van der Waals surface area contributed by atoms with Crippen LogP contribution >= 0.6 is 0 Å². The summed E-state index contributed by atoms with van der Waals surface area (Å²) >= 11 is 0. The molecule has 1 aliphatic rings. The number of aromatic amines is 1. The Morgan fingerprint density at radius 2 is 2.50 bits per heavy atom. The summed E-state index contributed by atoms with van der Waals surface area (Å²) in [4.78, 5) is 13.8. The van der Waals surface area contributed by atoms with Crippen molar-refractivity contribution >= 4 is 5.91 Å². The van der Waals surface area contributed by atoms with Gasteiger partial charge in [0.1, 0.15) is 0 Å². The van der Waals surface area contributed by atoms with E-state index >= 15 is 0 Å². The minimum atomic E-state index is -0.271. The van der Waals surface area contributed by atoms with Crippen LogP contribution in [0.5, 0.6) is 0 Å². The fourth-order valence-electron chi connectivity index (χ4n) is 1.95. The first-order valence-corrected chi connectivity index (χ1v) is 5.49. The summed E-state index contributed by atoms with van der Waals surface area (Å²) in [5.41, 5.74) is 0. The Balaban J connectivity index is 1.80. The van der Waals surface area contributed by atoms with Gasteiger partial charge in [0.25, 0.3) is 11.7 Å². The Bertz CT molecular complexity index is 338. The lowest BCUT2D eigenvalue weighted by atomic mass is 10.0. The van der Waals surface area contributed by atoms with Crippen LogP contribution in [0, 0.1) is 0 Å². The molecule has 88 valence electrons.